The molecule has 2 heterocycles. The van der Waals surface area contributed by atoms with Crippen LogP contribution in [0.3, 0.4) is 0 Å². The lowest BCUT2D eigenvalue weighted by Gasteiger charge is -2.09. The molecular formula is C25H21N5O5S2. The minimum Gasteiger partial charge on any atom is -0.538 e. The monoisotopic (exact) mass is 535 g/mol. The maximum Gasteiger partial charge on any atom is 0.298 e. The van der Waals surface area contributed by atoms with E-state index in [4.69, 9.17) is 9.26 Å². The lowest BCUT2D eigenvalue weighted by atomic mass is 10.1. The van der Waals surface area contributed by atoms with Gasteiger partial charge in [0.05, 0.1) is 28.1 Å². The average molecular weight is 536 g/mol. The minimum atomic E-state index is -0.757. The van der Waals surface area contributed by atoms with Crippen LogP contribution in [0, 0.1) is 18.3 Å². The molecule has 188 valence electrons. The second-order valence-electron chi connectivity index (χ2n) is 7.72. The molecule has 2 aromatic heterocycles. The van der Waals surface area contributed by atoms with Crippen LogP contribution >= 0.6 is 23.1 Å². The molecule has 0 bridgehead atoms. The highest BCUT2D eigenvalue weighted by atomic mass is 32.2. The summed E-state index contributed by atoms with van der Waals surface area (Å²) in [5.41, 5.74) is 1.84. The highest BCUT2D eigenvalue weighted by molar-refractivity contribution is 8.00. The third-order valence-electron chi connectivity index (χ3n) is 5.28. The van der Waals surface area contributed by atoms with E-state index in [0.29, 0.717) is 27.6 Å². The van der Waals surface area contributed by atoms with Gasteiger partial charge in [0.15, 0.2) is 5.95 Å². The molecule has 2 amide bonds. The molecule has 0 radical (unpaired) electrons. The first-order valence-corrected chi connectivity index (χ1v) is 12.6. The van der Waals surface area contributed by atoms with Crippen molar-refractivity contribution in [2.75, 3.05) is 17.7 Å². The Morgan fingerprint density at radius 1 is 1.19 bits per heavy atom. The number of amides is 2. The van der Waals surface area contributed by atoms with Gasteiger partial charge in [-0.3, -0.25) is 9.59 Å². The first-order valence-electron chi connectivity index (χ1n) is 10.9. The first kappa shape index (κ1) is 25.7. The van der Waals surface area contributed by atoms with Gasteiger partial charge >= 0.3 is 0 Å². The van der Waals surface area contributed by atoms with Gasteiger partial charge in [-0.15, -0.1) is 11.3 Å². The third kappa shape index (κ3) is 5.58. The molecule has 2 aromatic carbocycles. The zero-order chi connectivity index (χ0) is 26.5. The molecule has 0 fully saturated rings. The maximum absolute atomic E-state index is 13.0. The number of nitriles is 1. The summed E-state index contributed by atoms with van der Waals surface area (Å²) in [4.78, 5) is 26.1. The summed E-state index contributed by atoms with van der Waals surface area (Å²) in [6.45, 7) is 3.27. The number of anilines is 2. The summed E-state index contributed by atoms with van der Waals surface area (Å²) in [7, 11) is 1.54. The number of carbonyl (C=O) groups excluding carboxylic acids is 2. The molecular weight excluding hydrogens is 514 g/mol. The van der Waals surface area contributed by atoms with E-state index in [1.165, 1.54) is 4.68 Å². The number of para-hydroxylation sites is 1. The van der Waals surface area contributed by atoms with Crippen LogP contribution in [0.4, 0.5) is 10.7 Å². The summed E-state index contributed by atoms with van der Waals surface area (Å²) >= 11 is 1.97. The predicted octanol–water partition coefficient (Wildman–Crippen LogP) is 3.65. The average Bonchev–Trinajstić information content (AvgIpc) is 3.43. The van der Waals surface area contributed by atoms with Gasteiger partial charge in [-0.25, -0.2) is 0 Å². The number of nitrogens with zero attached hydrogens (tertiary/aromatic N) is 3. The van der Waals surface area contributed by atoms with Crippen molar-refractivity contribution < 1.29 is 28.6 Å². The summed E-state index contributed by atoms with van der Waals surface area (Å²) < 4.78 is 11.3. The summed E-state index contributed by atoms with van der Waals surface area (Å²) in [5.74, 6) is -0.896. The van der Waals surface area contributed by atoms with Gasteiger partial charge in [0.25, 0.3) is 10.9 Å². The Kier molecular flexibility index (Phi) is 7.76. The molecule has 12 heteroatoms. The Bertz CT molecular complexity index is 1480. The topological polar surface area (TPSA) is 144 Å². The van der Waals surface area contributed by atoms with Crippen molar-refractivity contribution in [2.24, 2.45) is 0 Å². The molecule has 4 aromatic rings. The predicted molar refractivity (Wildman–Crippen MR) is 136 cm³/mol. The smallest absolute Gasteiger partial charge is 0.298 e. The fraction of sp³-hybridized carbons (Fsp3) is 0.160. The number of rotatable bonds is 8. The van der Waals surface area contributed by atoms with Crippen molar-refractivity contribution in [3.8, 4) is 23.5 Å². The van der Waals surface area contributed by atoms with Crippen molar-refractivity contribution in [3.63, 3.8) is 0 Å². The zero-order valence-electron chi connectivity index (χ0n) is 20.0. The van der Waals surface area contributed by atoms with Crippen molar-refractivity contribution >= 4 is 45.6 Å². The Hall–Kier alpha value is -4.34. The van der Waals surface area contributed by atoms with E-state index in [1.807, 2.05) is 6.07 Å². The van der Waals surface area contributed by atoms with E-state index < -0.39 is 17.1 Å². The van der Waals surface area contributed by atoms with E-state index in [0.717, 1.165) is 23.1 Å². The van der Waals surface area contributed by atoms with Crippen molar-refractivity contribution in [1.82, 2.24) is 5.27 Å². The third-order valence-corrected chi connectivity index (χ3v) is 7.62. The van der Waals surface area contributed by atoms with Gasteiger partial charge in [-0.2, -0.15) is 5.26 Å². The van der Waals surface area contributed by atoms with Crippen LogP contribution in [0.1, 0.15) is 27.7 Å². The van der Waals surface area contributed by atoms with Crippen LogP contribution in [-0.4, -0.2) is 29.4 Å². The lowest BCUT2D eigenvalue weighted by molar-refractivity contribution is -0.705. The number of benzene rings is 2. The molecule has 1 atom stereocenters. The highest BCUT2D eigenvalue weighted by Crippen LogP contribution is 2.34. The van der Waals surface area contributed by atoms with E-state index in [1.54, 1.807) is 69.5 Å². The Morgan fingerprint density at radius 3 is 2.54 bits per heavy atom. The second-order valence-corrected chi connectivity index (χ2v) is 10.1. The first-order chi connectivity index (χ1) is 17.8. The van der Waals surface area contributed by atoms with Gasteiger partial charge in [0, 0.05) is 17.8 Å². The second kappa shape index (κ2) is 11.2. The lowest BCUT2D eigenvalue weighted by Crippen LogP contribution is -2.36. The highest BCUT2D eigenvalue weighted by Gasteiger charge is 2.28. The number of thiophene rings is 1. The van der Waals surface area contributed by atoms with E-state index in [9.17, 15) is 20.0 Å². The molecule has 2 N–H and O–H groups in total. The van der Waals surface area contributed by atoms with E-state index in [-0.39, 0.29) is 21.5 Å². The molecule has 37 heavy (non-hydrogen) atoms. The van der Waals surface area contributed by atoms with Crippen molar-refractivity contribution in [1.29, 1.82) is 5.26 Å². The van der Waals surface area contributed by atoms with E-state index in [2.05, 4.69) is 22.0 Å². The van der Waals surface area contributed by atoms with Gasteiger partial charge in [0.1, 0.15) is 16.8 Å². The molecule has 0 aliphatic rings. The number of aromatic nitrogens is 2. The number of thioether (sulfide) groups is 1. The summed E-state index contributed by atoms with van der Waals surface area (Å²) in [6.07, 6.45) is 0. The molecule has 1 unspecified atom stereocenters. The van der Waals surface area contributed by atoms with Gasteiger partial charge < -0.3 is 25.0 Å². The number of ether oxygens (including phenoxy) is 1. The van der Waals surface area contributed by atoms with Crippen molar-refractivity contribution in [3.05, 3.63) is 70.6 Å². The SMILES string of the molecule is COc1ccc(-[n+]2noc([O-])c2SC(C)C(=O)Nc2sc(C(=O)Nc3ccccc3)c(C)c2C#N)cc1. The number of nitrogens with one attached hydrogen (secondary N) is 2. The Balaban J connectivity index is 1.51. The number of hydrogen-bond acceptors (Lipinski definition) is 9. The minimum absolute atomic E-state index is 0.110. The van der Waals surface area contributed by atoms with Crippen LogP contribution in [0.15, 0.2) is 64.1 Å². The van der Waals surface area contributed by atoms with Crippen LogP contribution in [0.2, 0.25) is 0 Å². The Morgan fingerprint density at radius 2 is 1.89 bits per heavy atom. The van der Waals surface area contributed by atoms with Crippen LogP contribution in [0.25, 0.3) is 5.69 Å². The maximum atomic E-state index is 13.0. The molecule has 0 aliphatic carbocycles. The Labute approximate surface area is 220 Å². The van der Waals surface area contributed by atoms with Crippen LogP contribution in [-0.2, 0) is 4.79 Å². The number of carbonyl (C=O) groups is 2. The standard InChI is InChI=1S/C25H21N5O5S2/c1-14-19(13-26)23(37-20(14)22(32)27-16-7-5-4-6-8-16)28-21(31)15(2)36-24-25(33)35-29-30(24)17-9-11-18(34-3)12-10-17/h4-12,15H,1-3H3,(H2-,27,28,29,31,32,33). The summed E-state index contributed by atoms with van der Waals surface area (Å²) in [5, 5.41) is 30.9. The molecule has 0 spiro atoms. The molecule has 4 rings (SSSR count). The molecule has 0 saturated heterocycles. The zero-order valence-corrected chi connectivity index (χ0v) is 21.6. The number of methoxy groups -OCH3 is 1. The van der Waals surface area contributed by atoms with Crippen molar-refractivity contribution in [2.45, 2.75) is 24.1 Å². The van der Waals surface area contributed by atoms with Gasteiger partial charge in [0.2, 0.25) is 11.6 Å². The summed E-state index contributed by atoms with van der Waals surface area (Å²) in [6, 6.07) is 17.8. The molecule has 0 aliphatic heterocycles. The fourth-order valence-electron chi connectivity index (χ4n) is 3.32. The van der Waals surface area contributed by atoms with E-state index >= 15 is 0 Å². The fourth-order valence-corrected chi connectivity index (χ4v) is 5.25. The van der Waals surface area contributed by atoms with Gasteiger partial charge in [-0.1, -0.05) is 18.2 Å². The quantitative estimate of drug-likeness (QED) is 0.257. The normalized spacial score (nSPS) is 11.4. The molecule has 10 nitrogen and oxygen atoms in total. The largest absolute Gasteiger partial charge is 0.538 e. The van der Waals surface area contributed by atoms with Crippen LogP contribution in [0.5, 0.6) is 11.7 Å². The number of hydrogen-bond donors (Lipinski definition) is 2. The van der Waals surface area contributed by atoms with Gasteiger partial charge in [-0.05, 0) is 60.1 Å². The van der Waals surface area contributed by atoms with Crippen LogP contribution < -0.4 is 25.2 Å². The molecule has 0 saturated carbocycles.